The maximum Gasteiger partial charge on any atom is 0.230 e. The topological polar surface area (TPSA) is 74.1 Å². The van der Waals surface area contributed by atoms with Crippen molar-refractivity contribution in [3.05, 3.63) is 55.1 Å². The molecule has 2 unspecified atom stereocenters. The van der Waals surface area contributed by atoms with Crippen LogP contribution in [0, 0.1) is 11.8 Å². The predicted octanol–water partition coefficient (Wildman–Crippen LogP) is 5.17. The summed E-state index contributed by atoms with van der Waals surface area (Å²) in [5.74, 6) is 2.48. The van der Waals surface area contributed by atoms with E-state index in [4.69, 9.17) is 9.97 Å². The summed E-state index contributed by atoms with van der Waals surface area (Å²) in [6.45, 7) is 11.8. The molecule has 6 rings (SSSR count). The van der Waals surface area contributed by atoms with E-state index in [-0.39, 0.29) is 0 Å². The Morgan fingerprint density at radius 1 is 1.08 bits per heavy atom. The highest BCUT2D eigenvalue weighted by atomic mass is 15.2. The zero-order valence-electron chi connectivity index (χ0n) is 22.1. The van der Waals surface area contributed by atoms with Crippen LogP contribution in [0.25, 0.3) is 16.7 Å². The van der Waals surface area contributed by atoms with Gasteiger partial charge < -0.3 is 25.0 Å². The number of hydrogen-bond donors (Lipinski definition) is 2. The highest BCUT2D eigenvalue weighted by molar-refractivity contribution is 5.83. The number of rotatable bonds is 6. The van der Waals surface area contributed by atoms with Crippen LogP contribution in [0.15, 0.2) is 49.4 Å². The molecule has 0 radical (unpaired) electrons. The fourth-order valence-electron chi connectivity index (χ4n) is 6.28. The Hall–Kier alpha value is -3.39. The van der Waals surface area contributed by atoms with Crippen LogP contribution in [0.2, 0.25) is 0 Å². The molecule has 1 saturated carbocycles. The van der Waals surface area contributed by atoms with Crippen LogP contribution in [-0.4, -0.2) is 58.1 Å². The van der Waals surface area contributed by atoms with Gasteiger partial charge in [0.2, 0.25) is 5.95 Å². The van der Waals surface area contributed by atoms with E-state index in [0.717, 1.165) is 53.6 Å². The Morgan fingerprint density at radius 3 is 2.59 bits per heavy atom. The quantitative estimate of drug-likeness (QED) is 0.454. The van der Waals surface area contributed by atoms with Crippen molar-refractivity contribution < 1.29 is 0 Å². The Kier molecular flexibility index (Phi) is 6.36. The molecule has 0 spiro atoms. The second-order valence-corrected chi connectivity index (χ2v) is 11.0. The summed E-state index contributed by atoms with van der Waals surface area (Å²) in [6.07, 6.45) is 11.3. The van der Waals surface area contributed by atoms with Crippen LogP contribution < -0.4 is 15.5 Å². The molecule has 0 aromatic carbocycles. The van der Waals surface area contributed by atoms with E-state index in [0.29, 0.717) is 23.8 Å². The van der Waals surface area contributed by atoms with E-state index in [1.54, 1.807) is 0 Å². The number of nitrogens with one attached hydrogen (secondary N) is 2. The standard InChI is InChI=1S/C29H38N8/c1-19-25-17-30-14-22(25)18-36(19)24-11-12-27(31-16-24)33-29-32-15-21-13-26(20(2)35(3)4)37(28(21)34-29)23-9-7-5-6-8-10-23/h11-13,15-16,22-23,25,30H,1-2,5-10,14,17-18H2,3-4H3,(H,31,32,33,34). The lowest BCUT2D eigenvalue weighted by atomic mass is 9.99. The first-order chi connectivity index (χ1) is 18.0. The second kappa shape index (κ2) is 9.82. The molecule has 3 aliphatic rings. The van der Waals surface area contributed by atoms with Gasteiger partial charge in [-0.15, -0.1) is 0 Å². The van der Waals surface area contributed by atoms with Gasteiger partial charge in [0.15, 0.2) is 0 Å². The van der Waals surface area contributed by atoms with Crippen LogP contribution in [-0.2, 0) is 0 Å². The molecule has 8 heteroatoms. The molecular formula is C29H38N8. The molecule has 0 bridgehead atoms. The van der Waals surface area contributed by atoms with Crippen molar-refractivity contribution in [2.24, 2.45) is 11.8 Å². The predicted molar refractivity (Wildman–Crippen MR) is 151 cm³/mol. The summed E-state index contributed by atoms with van der Waals surface area (Å²) in [5, 5.41) is 7.86. The third-order valence-electron chi connectivity index (χ3n) is 8.43. The van der Waals surface area contributed by atoms with E-state index in [1.165, 1.54) is 44.2 Å². The van der Waals surface area contributed by atoms with E-state index in [1.807, 2.05) is 32.6 Å². The number of aromatic nitrogens is 4. The number of anilines is 3. The van der Waals surface area contributed by atoms with Crippen LogP contribution in [0.3, 0.4) is 0 Å². The molecule has 8 nitrogen and oxygen atoms in total. The summed E-state index contributed by atoms with van der Waals surface area (Å²) in [7, 11) is 4.10. The maximum absolute atomic E-state index is 5.00. The average molecular weight is 499 g/mol. The Morgan fingerprint density at radius 2 is 1.89 bits per heavy atom. The van der Waals surface area contributed by atoms with Gasteiger partial charge in [0.05, 0.1) is 23.3 Å². The third kappa shape index (κ3) is 4.48. The molecule has 2 aliphatic heterocycles. The Bertz CT molecular complexity index is 1300. The monoisotopic (exact) mass is 498 g/mol. The van der Waals surface area contributed by atoms with Crippen LogP contribution in [0.5, 0.6) is 0 Å². The molecule has 5 heterocycles. The zero-order chi connectivity index (χ0) is 25.5. The molecule has 2 N–H and O–H groups in total. The van der Waals surface area contributed by atoms with Gasteiger partial charge in [0, 0.05) is 63.0 Å². The first-order valence-electron chi connectivity index (χ1n) is 13.6. The normalized spacial score (nSPS) is 22.3. The molecule has 0 amide bonds. The highest BCUT2D eigenvalue weighted by Crippen LogP contribution is 2.38. The molecule has 3 aromatic rings. The van der Waals surface area contributed by atoms with Crippen molar-refractivity contribution in [2.45, 2.75) is 44.6 Å². The lowest BCUT2D eigenvalue weighted by Crippen LogP contribution is -2.23. The van der Waals surface area contributed by atoms with Gasteiger partial charge in [0.25, 0.3) is 0 Å². The molecule has 1 aliphatic carbocycles. The lowest BCUT2D eigenvalue weighted by Gasteiger charge is -2.24. The number of fused-ring (bicyclic) bond motifs is 2. The van der Waals surface area contributed by atoms with Crippen LogP contribution in [0.1, 0.15) is 50.3 Å². The van der Waals surface area contributed by atoms with Crippen molar-refractivity contribution in [1.29, 1.82) is 0 Å². The van der Waals surface area contributed by atoms with Crippen molar-refractivity contribution in [3.8, 4) is 0 Å². The van der Waals surface area contributed by atoms with Crippen LogP contribution in [0.4, 0.5) is 17.5 Å². The van der Waals surface area contributed by atoms with Crippen LogP contribution >= 0.6 is 0 Å². The summed E-state index contributed by atoms with van der Waals surface area (Å²) in [5.41, 5.74) is 5.38. The van der Waals surface area contributed by atoms with Gasteiger partial charge in [-0.25, -0.2) is 9.97 Å². The van der Waals surface area contributed by atoms with E-state index < -0.39 is 0 Å². The fraction of sp³-hybridized carbons (Fsp3) is 0.483. The highest BCUT2D eigenvalue weighted by Gasteiger charge is 2.39. The fourth-order valence-corrected chi connectivity index (χ4v) is 6.28. The summed E-state index contributed by atoms with van der Waals surface area (Å²) in [6, 6.07) is 6.73. The smallest absolute Gasteiger partial charge is 0.230 e. The number of hydrogen-bond acceptors (Lipinski definition) is 7. The van der Waals surface area contributed by atoms with Gasteiger partial charge in [-0.05, 0) is 37.0 Å². The molecule has 2 atom stereocenters. The summed E-state index contributed by atoms with van der Waals surface area (Å²) >= 11 is 0. The zero-order valence-corrected chi connectivity index (χ0v) is 22.1. The van der Waals surface area contributed by atoms with Gasteiger partial charge in [-0.3, -0.25) is 0 Å². The van der Waals surface area contributed by atoms with Gasteiger partial charge >= 0.3 is 0 Å². The first-order valence-corrected chi connectivity index (χ1v) is 13.6. The molecule has 37 heavy (non-hydrogen) atoms. The van der Waals surface area contributed by atoms with Gasteiger partial charge in [0.1, 0.15) is 11.5 Å². The van der Waals surface area contributed by atoms with Crippen molar-refractivity contribution in [3.63, 3.8) is 0 Å². The maximum atomic E-state index is 5.00. The number of pyridine rings is 1. The largest absolute Gasteiger partial charge is 0.376 e. The average Bonchev–Trinajstić information content (AvgIpc) is 3.52. The van der Waals surface area contributed by atoms with Gasteiger partial charge in [-0.1, -0.05) is 38.8 Å². The molecular weight excluding hydrogens is 460 g/mol. The minimum atomic E-state index is 0.426. The van der Waals surface area contributed by atoms with E-state index in [9.17, 15) is 0 Å². The Labute approximate surface area is 219 Å². The van der Waals surface area contributed by atoms with E-state index >= 15 is 0 Å². The van der Waals surface area contributed by atoms with Crippen molar-refractivity contribution in [1.82, 2.24) is 29.7 Å². The summed E-state index contributed by atoms with van der Waals surface area (Å²) in [4.78, 5) is 18.7. The van der Waals surface area contributed by atoms with E-state index in [2.05, 4.69) is 55.3 Å². The first kappa shape index (κ1) is 24.0. The lowest BCUT2D eigenvalue weighted by molar-refractivity contribution is 0.445. The van der Waals surface area contributed by atoms with Crippen molar-refractivity contribution in [2.75, 3.05) is 43.9 Å². The number of nitrogens with zero attached hydrogens (tertiary/aromatic N) is 6. The third-order valence-corrected chi connectivity index (χ3v) is 8.43. The second-order valence-electron chi connectivity index (χ2n) is 11.0. The minimum Gasteiger partial charge on any atom is -0.376 e. The summed E-state index contributed by atoms with van der Waals surface area (Å²) < 4.78 is 2.41. The molecule has 3 aromatic heterocycles. The Balaban J connectivity index is 1.27. The minimum absolute atomic E-state index is 0.426. The molecule has 3 fully saturated rings. The molecule has 194 valence electrons. The molecule has 2 saturated heterocycles. The SMILES string of the molecule is C=C(c1cc2cnc(Nc3ccc(N4CC5CNCC5C4=C)cn3)nc2n1C1CCCCCC1)N(C)C. The van der Waals surface area contributed by atoms with Crippen molar-refractivity contribution >= 4 is 34.2 Å². The van der Waals surface area contributed by atoms with Gasteiger partial charge in [-0.2, -0.15) is 4.98 Å².